The fraction of sp³-hybridized carbons (Fsp3) is 0.714. The van der Waals surface area contributed by atoms with Crippen molar-refractivity contribution in [2.45, 2.75) is 20.8 Å². The summed E-state index contributed by atoms with van der Waals surface area (Å²) in [6.45, 7) is 6.85. The third-order valence-electron chi connectivity index (χ3n) is 0.691. The van der Waals surface area contributed by atoms with E-state index in [1.807, 2.05) is 0 Å². The normalized spacial score (nSPS) is 8.70. The maximum absolute atomic E-state index is 9.62. The van der Waals surface area contributed by atoms with Gasteiger partial charge in [0.25, 0.3) is 0 Å². The molecule has 0 spiro atoms. The van der Waals surface area contributed by atoms with Crippen molar-refractivity contribution in [2.24, 2.45) is 5.41 Å². The van der Waals surface area contributed by atoms with Crippen molar-refractivity contribution in [3.8, 4) is 0 Å². The van der Waals surface area contributed by atoms with Crippen molar-refractivity contribution in [2.75, 3.05) is 6.54 Å². The van der Waals surface area contributed by atoms with Crippen LogP contribution in [0.5, 0.6) is 0 Å². The molecule has 0 aromatic heterocycles. The zero-order valence-electron chi connectivity index (χ0n) is 7.32. The summed E-state index contributed by atoms with van der Waals surface area (Å²) in [6, 6.07) is 0. The molecular weight excluding hydrogens is 381 g/mol. The summed E-state index contributed by atoms with van der Waals surface area (Å²) < 4.78 is 0. The Hall–Kier alpha value is -1.53. The summed E-state index contributed by atoms with van der Waals surface area (Å²) in [5, 5.41) is 2.48. The van der Waals surface area contributed by atoms with E-state index < -0.39 is 0 Å². The average molecular weight is 396 g/mol. The average Bonchev–Trinajstić information content (AvgIpc) is 1.59. The molecule has 0 saturated heterocycles. The Morgan fingerprint density at radius 1 is 1.40 bits per heavy atom. The van der Waals surface area contributed by atoms with Crippen LogP contribution in [-0.4, -0.2) is 13.0 Å². The first kappa shape index (κ1) is 15.8. The van der Waals surface area contributed by atoms with Gasteiger partial charge in [0, 0.05) is 0 Å². The van der Waals surface area contributed by atoms with Crippen molar-refractivity contribution in [3.63, 3.8) is 0 Å². The second-order valence-corrected chi connectivity index (χ2v) is 3.02. The molecule has 0 aromatic carbocycles. The predicted octanol–water partition coefficient (Wildman–Crippen LogP) is 1.14. The van der Waals surface area contributed by atoms with E-state index >= 15 is 0 Å². The van der Waals surface area contributed by atoms with Crippen LogP contribution < -0.4 is 5.32 Å². The molecule has 10 heavy (non-hydrogen) atoms. The topological polar surface area (TPSA) is 29.1 Å². The quantitative estimate of drug-likeness (QED) is 0.551. The summed E-state index contributed by atoms with van der Waals surface area (Å²) in [4.78, 5) is 9.62. The molecule has 0 heterocycles. The largest absolute Gasteiger partial charge is 0.529 e. The molecule has 0 aliphatic rings. The Bertz CT molecular complexity index is 78.2. The van der Waals surface area contributed by atoms with E-state index in [0.29, 0.717) is 6.54 Å². The van der Waals surface area contributed by atoms with E-state index in [4.69, 9.17) is 0 Å². The van der Waals surface area contributed by atoms with E-state index in [9.17, 15) is 4.79 Å². The Labute approximate surface area is 57.6 Å². The summed E-state index contributed by atoms with van der Waals surface area (Å²) in [5.41, 5.74) is 0.178. The zero-order valence-corrected chi connectivity index (χ0v) is 13.7. The van der Waals surface area contributed by atoms with Crippen molar-refractivity contribution in [1.29, 1.82) is 0 Å². The minimum absolute atomic E-state index is 0. The molecule has 1 amide bonds. The molecule has 0 atom stereocenters. The Morgan fingerprint density at radius 2 is 1.80 bits per heavy atom. The van der Waals surface area contributed by atoms with Gasteiger partial charge < -0.3 is 17.5 Å². The molecule has 0 unspecified atom stereocenters. The second kappa shape index (κ2) is 5.60. The van der Waals surface area contributed by atoms with Gasteiger partial charge in [-0.2, -0.15) is 6.41 Å². The maximum atomic E-state index is 9.62. The summed E-state index contributed by atoms with van der Waals surface area (Å²) in [7, 11) is 0. The molecule has 1 N–H and O–H groups in total. The minimum Gasteiger partial charge on any atom is -0.529 e. The molecule has 0 aliphatic carbocycles. The number of carbonyl (C=O) groups excluding carboxylic acids is 1. The Balaban J connectivity index is -0.000000245. The van der Waals surface area contributed by atoms with E-state index in [-0.39, 0.29) is 12.8 Å². The van der Waals surface area contributed by atoms with Gasteiger partial charge in [0.1, 0.15) is 0 Å². The van der Waals surface area contributed by atoms with Gasteiger partial charge in [-0.1, -0.05) is 20.8 Å². The van der Waals surface area contributed by atoms with Crippen molar-refractivity contribution >= 4 is 6.41 Å². The monoisotopic (exact) mass is 396 g/mol. The van der Waals surface area contributed by atoms with Crippen LogP contribution in [-0.2, 0) is 4.79 Å². The van der Waals surface area contributed by atoms with Crippen molar-refractivity contribution < 1.29 is 4.79 Å². The molecule has 3 heteroatoms. The molecule has 0 radical (unpaired) electrons. The molecule has 0 saturated carbocycles. The fourth-order valence-corrected chi connectivity index (χ4v) is 0.301. The molecule has 2 nitrogen and oxygen atoms in total. The number of amides is 1. The number of nitrogens with one attached hydrogen (secondary N) is 1. The fourth-order valence-electron chi connectivity index (χ4n) is 0.301. The van der Waals surface area contributed by atoms with Crippen LogP contribution in [0.3, 0.4) is 0 Å². The number of hydrogen-bond donors (Lipinski definition) is 1. The van der Waals surface area contributed by atoms with Gasteiger partial charge in [-0.05, 0) is 12.0 Å². The summed E-state index contributed by atoms with van der Waals surface area (Å²) in [5.74, 6) is 0. The van der Waals surface area contributed by atoms with Crippen LogP contribution in [0.25, 0.3) is 0 Å². The predicted molar refractivity (Wildman–Crippen MR) is 39.6 cm³/mol. The van der Waals surface area contributed by atoms with Gasteiger partial charge in [-0.3, -0.25) is 0 Å². The van der Waals surface area contributed by atoms with Gasteiger partial charge in [0.2, 0.25) is 0 Å². The molecular formula is C7H15NORf-2. The minimum atomic E-state index is 0. The van der Waals surface area contributed by atoms with Crippen LogP contribution in [0, 0.1) is 12.8 Å². The first-order valence-corrected chi connectivity index (χ1v) is 2.66. The Morgan fingerprint density at radius 3 is 1.90 bits per heavy atom. The van der Waals surface area contributed by atoms with Crippen molar-refractivity contribution in [3.05, 3.63) is 7.43 Å². The third-order valence-corrected chi connectivity index (χ3v) is 0.691. The zero-order chi connectivity index (χ0) is 6.62. The SMILES string of the molecule is CC(C)(C)CN[C-]=O.[CH3-].[Rf]. The standard InChI is InChI=1S/C6H12NO.CH3.Rf/c1-6(2,3)4-7-5-8;;/h4H2,1-3H3,(H,7,8);1H3;/q2*-1;. The van der Waals surface area contributed by atoms with Gasteiger partial charge >= 0.3 is 0 Å². The van der Waals surface area contributed by atoms with Gasteiger partial charge in [0.05, 0.1) is 0 Å². The van der Waals surface area contributed by atoms with E-state index in [1.54, 1.807) is 6.41 Å². The summed E-state index contributed by atoms with van der Waals surface area (Å²) >= 11 is 0. The van der Waals surface area contributed by atoms with Crippen molar-refractivity contribution in [1.82, 2.24) is 5.32 Å². The van der Waals surface area contributed by atoms with E-state index in [0.717, 1.165) is 0 Å². The first-order chi connectivity index (χ1) is 3.56. The molecule has 0 fully saturated rings. The third kappa shape index (κ3) is 16.1. The van der Waals surface area contributed by atoms with Crippen LogP contribution in [0.4, 0.5) is 0 Å². The van der Waals surface area contributed by atoms with Crippen LogP contribution in [0.2, 0.25) is 0 Å². The van der Waals surface area contributed by atoms with Gasteiger partial charge in [-0.15, -0.1) is 0 Å². The molecule has 0 bridgehead atoms. The van der Waals surface area contributed by atoms with Gasteiger partial charge in [0.15, 0.2) is 0 Å². The second-order valence-electron chi connectivity index (χ2n) is 3.02. The molecule has 58 valence electrons. The smallest absolute Gasteiger partial charge is 0 e. The molecule has 0 rings (SSSR count). The van der Waals surface area contributed by atoms with Crippen LogP contribution >= 0.6 is 0 Å². The molecule has 0 aliphatic heterocycles. The van der Waals surface area contributed by atoms with Crippen LogP contribution in [0.15, 0.2) is 0 Å². The van der Waals surface area contributed by atoms with E-state index in [1.165, 1.54) is 0 Å². The van der Waals surface area contributed by atoms with Crippen LogP contribution in [0.1, 0.15) is 20.8 Å². The number of rotatable bonds is 2. The summed E-state index contributed by atoms with van der Waals surface area (Å²) in [6.07, 6.45) is 1.62. The maximum Gasteiger partial charge on any atom is 0 e. The van der Waals surface area contributed by atoms with E-state index in [2.05, 4.69) is 26.1 Å². The molecule has 0 aromatic rings. The Kier molecular flexibility index (Phi) is 8.85. The number of hydrogen-bond acceptors (Lipinski definition) is 1. The van der Waals surface area contributed by atoms with Gasteiger partial charge in [-0.25, -0.2) is 0 Å². The first-order valence-electron chi connectivity index (χ1n) is 2.66.